The number of ether oxygens (including phenoxy) is 1. The Balaban J connectivity index is 2.26. The number of carboxylic acids is 1. The first kappa shape index (κ1) is 22.5. The molecule has 1 aromatic carbocycles. The number of amides is 1. The molecular weight excluding hydrogens is 416 g/mol. The Kier molecular flexibility index (Phi) is 7.20. The van der Waals surface area contributed by atoms with Crippen LogP contribution in [0.2, 0.25) is 0 Å². The number of benzene rings is 1. The molecule has 4 N–H and O–H groups in total. The normalized spacial score (nSPS) is 11.8. The summed E-state index contributed by atoms with van der Waals surface area (Å²) in [6, 6.07) is 3.37. The van der Waals surface area contributed by atoms with E-state index in [-0.39, 0.29) is 33.6 Å². The van der Waals surface area contributed by atoms with E-state index in [1.165, 1.54) is 19.1 Å². The number of aromatic nitrogens is 1. The van der Waals surface area contributed by atoms with Crippen molar-refractivity contribution < 1.29 is 34.4 Å². The van der Waals surface area contributed by atoms with Crippen LogP contribution in [-0.4, -0.2) is 44.8 Å². The van der Waals surface area contributed by atoms with Crippen LogP contribution in [0.15, 0.2) is 39.9 Å². The van der Waals surface area contributed by atoms with Gasteiger partial charge < -0.3 is 20.1 Å². The fourth-order valence-corrected chi connectivity index (χ4v) is 3.02. The van der Waals surface area contributed by atoms with Crippen molar-refractivity contribution in [2.24, 2.45) is 10.2 Å². The summed E-state index contributed by atoms with van der Waals surface area (Å²) in [6.07, 6.45) is 0. The minimum Gasteiger partial charge on any atom is -0.510 e. The number of aromatic carboxylic acids is 1. The highest BCUT2D eigenvalue weighted by Crippen LogP contribution is 2.26. The molecule has 0 aliphatic rings. The van der Waals surface area contributed by atoms with E-state index in [9.17, 15) is 29.7 Å². The number of aliphatic hydroxyl groups excluding tert-OH is 1. The first-order valence-corrected chi connectivity index (χ1v) is 9.29. The maximum atomic E-state index is 12.5. The van der Waals surface area contributed by atoms with Crippen LogP contribution in [0.4, 0.5) is 10.8 Å². The number of carbonyl (C=O) groups excluding carboxylic acids is 2. The molecule has 0 atom stereocenters. The Labute approximate surface area is 174 Å². The van der Waals surface area contributed by atoms with Crippen LogP contribution in [0.3, 0.4) is 0 Å². The number of rotatable bonds is 7. The standard InChI is InChI=1S/C18H18N4O7S/c1-4-29-17(28)14-8(2)19-18(30-14)20-15(25)13(9(3)23)22-21-12-6-5-10(24)7-11(12)16(26)27/h5-7,23-24H,4H2,1-3H3,(H,26,27)(H,19,20,25)/b13-9+,22-21?. The number of hydrogen-bond donors (Lipinski definition) is 4. The molecule has 2 aromatic rings. The van der Waals surface area contributed by atoms with Crippen molar-refractivity contribution in [3.05, 3.63) is 45.8 Å². The molecule has 1 heterocycles. The average molecular weight is 434 g/mol. The lowest BCUT2D eigenvalue weighted by atomic mass is 10.2. The average Bonchev–Trinajstić information content (AvgIpc) is 3.02. The van der Waals surface area contributed by atoms with Gasteiger partial charge in [0.15, 0.2) is 10.8 Å². The third-order valence-corrected chi connectivity index (χ3v) is 4.56. The summed E-state index contributed by atoms with van der Waals surface area (Å²) in [5, 5.41) is 38.2. The van der Waals surface area contributed by atoms with Gasteiger partial charge in [0.25, 0.3) is 5.91 Å². The first-order valence-electron chi connectivity index (χ1n) is 8.47. The molecule has 0 saturated heterocycles. The Morgan fingerprint density at radius 2 is 1.97 bits per heavy atom. The highest BCUT2D eigenvalue weighted by atomic mass is 32.1. The van der Waals surface area contributed by atoms with Gasteiger partial charge in [-0.05, 0) is 39.0 Å². The number of nitrogens with one attached hydrogen (secondary N) is 1. The lowest BCUT2D eigenvalue weighted by molar-refractivity contribution is -0.113. The molecule has 0 unspecified atom stereocenters. The summed E-state index contributed by atoms with van der Waals surface area (Å²) in [5.74, 6) is -3.57. The van der Waals surface area contributed by atoms with Gasteiger partial charge in [-0.25, -0.2) is 14.6 Å². The fraction of sp³-hybridized carbons (Fsp3) is 0.222. The molecule has 1 amide bonds. The van der Waals surface area contributed by atoms with Gasteiger partial charge >= 0.3 is 11.9 Å². The van der Waals surface area contributed by atoms with Gasteiger partial charge in [0.2, 0.25) is 0 Å². The van der Waals surface area contributed by atoms with Gasteiger partial charge in [-0.2, -0.15) is 0 Å². The summed E-state index contributed by atoms with van der Waals surface area (Å²) in [5.41, 5.74) is -0.618. The van der Waals surface area contributed by atoms with E-state index in [1.54, 1.807) is 13.8 Å². The van der Waals surface area contributed by atoms with E-state index >= 15 is 0 Å². The Bertz CT molecular complexity index is 1050. The van der Waals surface area contributed by atoms with Crippen molar-refractivity contribution in [3.63, 3.8) is 0 Å². The highest BCUT2D eigenvalue weighted by Gasteiger charge is 2.20. The zero-order valence-electron chi connectivity index (χ0n) is 16.2. The third-order valence-electron chi connectivity index (χ3n) is 3.50. The lowest BCUT2D eigenvalue weighted by Gasteiger charge is -2.04. The summed E-state index contributed by atoms with van der Waals surface area (Å²) in [4.78, 5) is 39.9. The number of anilines is 1. The first-order chi connectivity index (χ1) is 14.1. The van der Waals surface area contributed by atoms with Crippen molar-refractivity contribution in [2.45, 2.75) is 20.8 Å². The maximum Gasteiger partial charge on any atom is 0.350 e. The van der Waals surface area contributed by atoms with Gasteiger partial charge in [-0.1, -0.05) is 11.3 Å². The zero-order chi connectivity index (χ0) is 22.4. The predicted molar refractivity (Wildman–Crippen MR) is 106 cm³/mol. The van der Waals surface area contributed by atoms with Crippen LogP contribution in [-0.2, 0) is 9.53 Å². The SMILES string of the molecule is CCOC(=O)c1sc(NC(=O)/C(N=Nc2ccc(O)cc2C(=O)O)=C(/C)O)nc1C. The number of aliphatic hydroxyl groups is 1. The number of phenols is 1. The van der Waals surface area contributed by atoms with E-state index < -0.39 is 29.3 Å². The number of carboxylic acid groups (broad SMARTS) is 1. The molecule has 11 nitrogen and oxygen atoms in total. The summed E-state index contributed by atoms with van der Waals surface area (Å²) < 4.78 is 4.91. The number of carbonyl (C=O) groups is 3. The molecular formula is C18H18N4O7S. The molecule has 0 saturated carbocycles. The molecule has 0 bridgehead atoms. The van der Waals surface area contributed by atoms with Crippen LogP contribution >= 0.6 is 11.3 Å². The molecule has 0 fully saturated rings. The molecule has 2 rings (SSSR count). The maximum absolute atomic E-state index is 12.5. The largest absolute Gasteiger partial charge is 0.510 e. The van der Waals surface area contributed by atoms with E-state index in [1.807, 2.05) is 0 Å². The van der Waals surface area contributed by atoms with E-state index in [0.29, 0.717) is 5.69 Å². The Hall–Kier alpha value is -3.80. The van der Waals surface area contributed by atoms with Gasteiger partial charge in [0, 0.05) is 0 Å². The van der Waals surface area contributed by atoms with Crippen LogP contribution in [0.25, 0.3) is 0 Å². The number of phenolic OH excluding ortho intramolecular Hbond substituents is 1. The second-order valence-electron chi connectivity index (χ2n) is 5.75. The van der Waals surface area contributed by atoms with Gasteiger partial charge in [0.05, 0.1) is 17.9 Å². The van der Waals surface area contributed by atoms with Crippen LogP contribution in [0.5, 0.6) is 5.75 Å². The molecule has 0 radical (unpaired) electrons. The number of nitrogens with zero attached hydrogens (tertiary/aromatic N) is 3. The van der Waals surface area contributed by atoms with E-state index in [4.69, 9.17) is 4.74 Å². The minimum atomic E-state index is -1.36. The third kappa shape index (κ3) is 5.38. The van der Waals surface area contributed by atoms with E-state index in [0.717, 1.165) is 17.4 Å². The minimum absolute atomic E-state index is 0.0744. The quantitative estimate of drug-likeness (QED) is 0.222. The molecule has 1 aromatic heterocycles. The number of thiazole rings is 1. The molecule has 0 spiro atoms. The molecule has 12 heteroatoms. The Morgan fingerprint density at radius 3 is 2.57 bits per heavy atom. The topological polar surface area (TPSA) is 171 Å². The number of aryl methyl sites for hydroxylation is 1. The predicted octanol–water partition coefficient (Wildman–Crippen LogP) is 3.54. The van der Waals surface area contributed by atoms with Crippen molar-refractivity contribution in [3.8, 4) is 5.75 Å². The van der Waals surface area contributed by atoms with Crippen molar-refractivity contribution in [2.75, 3.05) is 11.9 Å². The van der Waals surface area contributed by atoms with Gasteiger partial charge in [0.1, 0.15) is 22.1 Å². The fourth-order valence-electron chi connectivity index (χ4n) is 2.16. The summed E-state index contributed by atoms with van der Waals surface area (Å²) in [7, 11) is 0. The molecule has 30 heavy (non-hydrogen) atoms. The van der Waals surface area contributed by atoms with E-state index in [2.05, 4.69) is 20.5 Å². The van der Waals surface area contributed by atoms with Gasteiger partial charge in [-0.15, -0.1) is 10.2 Å². The summed E-state index contributed by atoms with van der Waals surface area (Å²) >= 11 is 0.888. The number of aromatic hydroxyl groups is 1. The monoisotopic (exact) mass is 434 g/mol. The smallest absolute Gasteiger partial charge is 0.350 e. The summed E-state index contributed by atoms with van der Waals surface area (Å²) in [6.45, 7) is 4.61. The van der Waals surface area contributed by atoms with Crippen molar-refractivity contribution >= 4 is 40.0 Å². The van der Waals surface area contributed by atoms with Crippen molar-refractivity contribution in [1.29, 1.82) is 0 Å². The zero-order valence-corrected chi connectivity index (χ0v) is 17.0. The number of azo groups is 1. The lowest BCUT2D eigenvalue weighted by Crippen LogP contribution is -2.14. The second kappa shape index (κ2) is 9.60. The van der Waals surface area contributed by atoms with Gasteiger partial charge in [-0.3, -0.25) is 10.1 Å². The molecule has 0 aliphatic carbocycles. The Morgan fingerprint density at radius 1 is 1.27 bits per heavy atom. The van der Waals surface area contributed by atoms with Crippen LogP contribution < -0.4 is 5.32 Å². The molecule has 158 valence electrons. The van der Waals surface area contributed by atoms with Crippen LogP contribution in [0.1, 0.15) is 39.6 Å². The molecule has 0 aliphatic heterocycles. The van der Waals surface area contributed by atoms with Crippen LogP contribution in [0, 0.1) is 6.92 Å². The number of hydrogen-bond acceptors (Lipinski definition) is 10. The second-order valence-corrected chi connectivity index (χ2v) is 6.75. The van der Waals surface area contributed by atoms with Crippen molar-refractivity contribution in [1.82, 2.24) is 4.98 Å². The number of esters is 1. The highest BCUT2D eigenvalue weighted by molar-refractivity contribution is 7.17. The number of allylic oxidation sites excluding steroid dienone is 1.